The van der Waals surface area contributed by atoms with Gasteiger partial charge in [-0.1, -0.05) is 36.4 Å². The number of benzene rings is 2. The van der Waals surface area contributed by atoms with Gasteiger partial charge in [-0.2, -0.15) is 0 Å². The minimum absolute atomic E-state index is 0.187. The lowest BCUT2D eigenvalue weighted by Gasteiger charge is -2.24. The highest BCUT2D eigenvalue weighted by molar-refractivity contribution is 6.07. The van der Waals surface area contributed by atoms with Gasteiger partial charge in [0.1, 0.15) is 5.60 Å². The van der Waals surface area contributed by atoms with E-state index in [9.17, 15) is 4.79 Å². The lowest BCUT2D eigenvalue weighted by Crippen LogP contribution is -2.36. The van der Waals surface area contributed by atoms with Gasteiger partial charge in [-0.15, -0.1) is 0 Å². The molecule has 0 aliphatic carbocycles. The molecule has 1 amide bonds. The van der Waals surface area contributed by atoms with Gasteiger partial charge in [-0.25, -0.2) is 9.78 Å². The Morgan fingerprint density at radius 3 is 2.26 bits per heavy atom. The second-order valence-electron chi connectivity index (χ2n) is 8.08. The van der Waals surface area contributed by atoms with Crippen molar-refractivity contribution in [3.05, 3.63) is 48.5 Å². The second kappa shape index (κ2) is 6.72. The topological polar surface area (TPSA) is 54.5 Å². The fraction of sp³-hybridized carbons (Fsp3) is 0.364. The number of rotatable bonds is 2. The Balaban J connectivity index is 1.61. The Hall–Kier alpha value is -2.82. The Morgan fingerprint density at radius 2 is 1.67 bits per heavy atom. The Kier molecular flexibility index (Phi) is 4.38. The number of fused-ring (bicyclic) bond motifs is 2. The van der Waals surface area contributed by atoms with Crippen LogP contribution in [0.4, 0.5) is 10.5 Å². The molecule has 140 valence electrons. The zero-order chi connectivity index (χ0) is 19.0. The maximum atomic E-state index is 12.3. The van der Waals surface area contributed by atoms with Crippen LogP contribution >= 0.6 is 0 Å². The van der Waals surface area contributed by atoms with Crippen LogP contribution in [0.25, 0.3) is 21.8 Å². The highest BCUT2D eigenvalue weighted by Gasteiger charge is 2.30. The van der Waals surface area contributed by atoms with Crippen molar-refractivity contribution in [1.82, 2.24) is 9.88 Å². The van der Waals surface area contributed by atoms with Crippen LogP contribution in [0, 0.1) is 0 Å². The molecule has 1 unspecified atom stereocenters. The van der Waals surface area contributed by atoms with Gasteiger partial charge in [0.05, 0.1) is 16.7 Å². The first-order valence-corrected chi connectivity index (χ1v) is 9.43. The van der Waals surface area contributed by atoms with E-state index in [0.717, 1.165) is 33.9 Å². The third-order valence-electron chi connectivity index (χ3n) is 4.78. The van der Waals surface area contributed by atoms with Gasteiger partial charge in [-0.3, -0.25) is 0 Å². The van der Waals surface area contributed by atoms with E-state index in [2.05, 4.69) is 17.4 Å². The molecule has 0 radical (unpaired) electrons. The molecule has 2 aromatic carbocycles. The van der Waals surface area contributed by atoms with Gasteiger partial charge in [0.15, 0.2) is 0 Å². The van der Waals surface area contributed by atoms with Crippen LogP contribution in [0.1, 0.15) is 27.2 Å². The molecule has 4 rings (SSSR count). The summed E-state index contributed by atoms with van der Waals surface area (Å²) in [4.78, 5) is 18.9. The number of aromatic nitrogens is 1. The second-order valence-corrected chi connectivity index (χ2v) is 8.08. The molecular formula is C22H25N3O2. The zero-order valence-corrected chi connectivity index (χ0v) is 16.0. The minimum atomic E-state index is -0.472. The van der Waals surface area contributed by atoms with E-state index < -0.39 is 5.60 Å². The van der Waals surface area contributed by atoms with Gasteiger partial charge in [0, 0.05) is 29.9 Å². The van der Waals surface area contributed by atoms with E-state index in [-0.39, 0.29) is 12.1 Å². The van der Waals surface area contributed by atoms with Crippen molar-refractivity contribution in [1.29, 1.82) is 0 Å². The number of likely N-dealkylation sites (tertiary alicyclic amines) is 1. The number of pyridine rings is 1. The summed E-state index contributed by atoms with van der Waals surface area (Å²) in [5.74, 6) is 0. The summed E-state index contributed by atoms with van der Waals surface area (Å²) in [6.07, 6.45) is 0.653. The third kappa shape index (κ3) is 3.68. The van der Waals surface area contributed by atoms with Gasteiger partial charge in [-0.05, 0) is 39.3 Å². The lowest BCUT2D eigenvalue weighted by atomic mass is 10.1. The average Bonchev–Trinajstić information content (AvgIpc) is 3.09. The first-order valence-electron chi connectivity index (χ1n) is 9.43. The van der Waals surface area contributed by atoms with Gasteiger partial charge >= 0.3 is 6.09 Å². The van der Waals surface area contributed by atoms with Crippen LogP contribution in [0.3, 0.4) is 0 Å². The van der Waals surface area contributed by atoms with E-state index in [1.165, 1.54) is 0 Å². The van der Waals surface area contributed by atoms with Crippen LogP contribution in [0.5, 0.6) is 0 Å². The fourth-order valence-corrected chi connectivity index (χ4v) is 3.57. The Labute approximate surface area is 159 Å². The molecule has 0 saturated carbocycles. The number of carbonyl (C=O) groups excluding carboxylic acids is 1. The summed E-state index contributed by atoms with van der Waals surface area (Å²) in [5, 5.41) is 5.89. The molecule has 1 aliphatic rings. The van der Waals surface area contributed by atoms with Crippen molar-refractivity contribution in [2.24, 2.45) is 0 Å². The average molecular weight is 363 g/mol. The molecular weight excluding hydrogens is 338 g/mol. The van der Waals surface area contributed by atoms with Crippen molar-refractivity contribution in [2.45, 2.75) is 38.8 Å². The summed E-state index contributed by atoms with van der Waals surface area (Å²) in [6, 6.07) is 16.5. The maximum absolute atomic E-state index is 12.3. The van der Waals surface area contributed by atoms with Crippen LogP contribution in [0.15, 0.2) is 48.5 Å². The van der Waals surface area contributed by atoms with Crippen LogP contribution in [-0.4, -0.2) is 40.7 Å². The van der Waals surface area contributed by atoms with Crippen molar-refractivity contribution in [3.63, 3.8) is 0 Å². The summed E-state index contributed by atoms with van der Waals surface area (Å²) in [7, 11) is 0. The zero-order valence-electron chi connectivity index (χ0n) is 16.0. The van der Waals surface area contributed by atoms with E-state index >= 15 is 0 Å². The minimum Gasteiger partial charge on any atom is -0.444 e. The number of nitrogens with zero attached hydrogens (tertiary/aromatic N) is 2. The van der Waals surface area contributed by atoms with Crippen molar-refractivity contribution in [3.8, 4) is 0 Å². The normalized spacial score (nSPS) is 17.4. The largest absolute Gasteiger partial charge is 0.444 e. The van der Waals surface area contributed by atoms with Crippen molar-refractivity contribution in [2.75, 3.05) is 18.4 Å². The molecule has 0 spiro atoms. The number of nitrogens with one attached hydrogen (secondary N) is 1. The van der Waals surface area contributed by atoms with Crippen LogP contribution < -0.4 is 5.32 Å². The standard InChI is InChI=1S/C22H25N3O2/c1-22(2,3)27-21(26)25-13-12-15(14-25)23-20-16-8-4-6-10-18(16)24-19-11-7-5-9-17(19)20/h4-11,15H,12-14H2,1-3H3,(H,23,24). The molecule has 1 fully saturated rings. The van der Waals surface area contributed by atoms with E-state index in [0.29, 0.717) is 13.1 Å². The lowest BCUT2D eigenvalue weighted by molar-refractivity contribution is 0.0293. The molecule has 1 aromatic heterocycles. The smallest absolute Gasteiger partial charge is 0.410 e. The molecule has 2 heterocycles. The number of anilines is 1. The molecule has 0 bridgehead atoms. The number of carbonyl (C=O) groups is 1. The molecule has 1 atom stereocenters. The number of hydrogen-bond donors (Lipinski definition) is 1. The van der Waals surface area contributed by atoms with E-state index in [1.807, 2.05) is 57.2 Å². The molecule has 3 aromatic rings. The summed E-state index contributed by atoms with van der Waals surface area (Å²) < 4.78 is 5.51. The van der Waals surface area contributed by atoms with Gasteiger partial charge < -0.3 is 15.0 Å². The molecule has 1 N–H and O–H groups in total. The maximum Gasteiger partial charge on any atom is 0.410 e. The van der Waals surface area contributed by atoms with Crippen molar-refractivity contribution >= 4 is 33.6 Å². The van der Waals surface area contributed by atoms with Crippen molar-refractivity contribution < 1.29 is 9.53 Å². The van der Waals surface area contributed by atoms with E-state index in [4.69, 9.17) is 9.72 Å². The Bertz CT molecular complexity index is 940. The monoisotopic (exact) mass is 363 g/mol. The molecule has 27 heavy (non-hydrogen) atoms. The fourth-order valence-electron chi connectivity index (χ4n) is 3.57. The van der Waals surface area contributed by atoms with E-state index in [1.54, 1.807) is 4.90 Å². The summed E-state index contributed by atoms with van der Waals surface area (Å²) in [6.45, 7) is 7.03. The highest BCUT2D eigenvalue weighted by Crippen LogP contribution is 2.32. The summed E-state index contributed by atoms with van der Waals surface area (Å²) in [5.41, 5.74) is 2.56. The predicted molar refractivity (Wildman–Crippen MR) is 109 cm³/mol. The quantitative estimate of drug-likeness (QED) is 0.664. The SMILES string of the molecule is CC(C)(C)OC(=O)N1CCC(Nc2c3ccccc3nc3ccccc23)C1. The number of amides is 1. The molecule has 1 aliphatic heterocycles. The van der Waals surface area contributed by atoms with Crippen LogP contribution in [-0.2, 0) is 4.74 Å². The van der Waals surface area contributed by atoms with Gasteiger partial charge in [0.25, 0.3) is 0 Å². The van der Waals surface area contributed by atoms with Gasteiger partial charge in [0.2, 0.25) is 0 Å². The van der Waals surface area contributed by atoms with Crippen LogP contribution in [0.2, 0.25) is 0 Å². The number of hydrogen-bond acceptors (Lipinski definition) is 4. The predicted octanol–water partition coefficient (Wildman–Crippen LogP) is 4.81. The Morgan fingerprint density at radius 1 is 1.07 bits per heavy atom. The molecule has 5 heteroatoms. The number of para-hydroxylation sites is 2. The summed E-state index contributed by atoms with van der Waals surface area (Å²) >= 11 is 0. The highest BCUT2D eigenvalue weighted by atomic mass is 16.6. The first kappa shape index (κ1) is 17.6. The molecule has 1 saturated heterocycles. The molecule has 5 nitrogen and oxygen atoms in total. The first-order chi connectivity index (χ1) is 12.9. The number of ether oxygens (including phenoxy) is 1. The third-order valence-corrected chi connectivity index (χ3v) is 4.78.